The smallest absolute Gasteiger partial charge is 0.251 e. The molecule has 3 rings (SSSR count). The molecule has 1 aromatic carbocycles. The summed E-state index contributed by atoms with van der Waals surface area (Å²) in [7, 11) is 0. The Morgan fingerprint density at radius 2 is 1.80 bits per heavy atom. The topological polar surface area (TPSA) is 66.9 Å². The molecule has 5 heteroatoms. The van der Waals surface area contributed by atoms with Crippen LogP contribution in [0, 0.1) is 0 Å². The minimum atomic E-state index is -0.127. The Kier molecular flexibility index (Phi) is 5.72. The number of benzene rings is 1. The zero-order chi connectivity index (χ0) is 17.3. The van der Waals surface area contributed by atoms with Gasteiger partial charge in [-0.25, -0.2) is 4.98 Å². The molecule has 0 bridgehead atoms. The second kappa shape index (κ2) is 8.59. The molecule has 2 heterocycles. The molecule has 1 amide bonds. The molecule has 0 aliphatic rings. The van der Waals surface area contributed by atoms with E-state index >= 15 is 0 Å². The molecule has 126 valence electrons. The van der Waals surface area contributed by atoms with Crippen LogP contribution in [0.4, 0.5) is 5.82 Å². The summed E-state index contributed by atoms with van der Waals surface area (Å²) in [5.74, 6) is 0.572. The van der Waals surface area contributed by atoms with Crippen LogP contribution in [-0.2, 0) is 13.0 Å². The third-order valence-corrected chi connectivity index (χ3v) is 3.76. The van der Waals surface area contributed by atoms with Crippen molar-refractivity contribution in [2.75, 3.05) is 11.9 Å². The van der Waals surface area contributed by atoms with Crippen LogP contribution in [0.3, 0.4) is 0 Å². The van der Waals surface area contributed by atoms with Gasteiger partial charge in [-0.1, -0.05) is 36.4 Å². The monoisotopic (exact) mass is 332 g/mol. The van der Waals surface area contributed by atoms with Gasteiger partial charge in [0, 0.05) is 37.2 Å². The van der Waals surface area contributed by atoms with Gasteiger partial charge in [-0.05, 0) is 35.7 Å². The van der Waals surface area contributed by atoms with E-state index in [2.05, 4.69) is 32.7 Å². The van der Waals surface area contributed by atoms with Crippen molar-refractivity contribution in [3.8, 4) is 0 Å². The maximum absolute atomic E-state index is 12.3. The average molecular weight is 332 g/mol. The first-order valence-corrected chi connectivity index (χ1v) is 8.22. The Labute approximate surface area is 147 Å². The van der Waals surface area contributed by atoms with E-state index in [9.17, 15) is 4.79 Å². The van der Waals surface area contributed by atoms with Gasteiger partial charge in [0.2, 0.25) is 0 Å². The number of nitrogens with one attached hydrogen (secondary N) is 2. The van der Waals surface area contributed by atoms with Crippen molar-refractivity contribution in [2.45, 2.75) is 13.0 Å². The van der Waals surface area contributed by atoms with E-state index in [0.29, 0.717) is 17.9 Å². The van der Waals surface area contributed by atoms with E-state index in [-0.39, 0.29) is 5.91 Å². The highest BCUT2D eigenvalue weighted by Crippen LogP contribution is 2.08. The summed E-state index contributed by atoms with van der Waals surface area (Å²) in [4.78, 5) is 20.6. The Bertz CT molecular complexity index is 806. The van der Waals surface area contributed by atoms with E-state index in [4.69, 9.17) is 0 Å². The number of nitrogens with zero attached hydrogens (tertiary/aromatic N) is 2. The summed E-state index contributed by atoms with van der Waals surface area (Å²) in [5.41, 5.74) is 2.81. The molecular formula is C20H20N4O. The third-order valence-electron chi connectivity index (χ3n) is 3.76. The van der Waals surface area contributed by atoms with Crippen LogP contribution >= 0.6 is 0 Å². The van der Waals surface area contributed by atoms with E-state index in [1.807, 2.05) is 30.3 Å². The van der Waals surface area contributed by atoms with Gasteiger partial charge in [0.1, 0.15) is 5.82 Å². The summed E-state index contributed by atoms with van der Waals surface area (Å²) in [6.07, 6.45) is 5.99. The van der Waals surface area contributed by atoms with Gasteiger partial charge in [-0.2, -0.15) is 0 Å². The quantitative estimate of drug-likeness (QED) is 0.698. The van der Waals surface area contributed by atoms with Gasteiger partial charge in [0.05, 0.1) is 0 Å². The van der Waals surface area contributed by atoms with Crippen molar-refractivity contribution in [1.82, 2.24) is 15.3 Å². The number of hydrogen-bond acceptors (Lipinski definition) is 4. The molecular weight excluding hydrogens is 312 g/mol. The van der Waals surface area contributed by atoms with Crippen molar-refractivity contribution in [2.24, 2.45) is 0 Å². The standard InChI is InChI=1S/C20H20N4O/c25-20(24-15-17-7-4-10-21-14-17)18-9-12-23-19(13-18)22-11-8-16-5-2-1-3-6-16/h1-7,9-10,12-14H,8,11,15H2,(H,22,23)(H,24,25). The Hall–Kier alpha value is -3.21. The highest BCUT2D eigenvalue weighted by Gasteiger charge is 2.06. The van der Waals surface area contributed by atoms with Crippen LogP contribution in [0.15, 0.2) is 73.2 Å². The van der Waals surface area contributed by atoms with E-state index < -0.39 is 0 Å². The predicted molar refractivity (Wildman–Crippen MR) is 98.3 cm³/mol. The van der Waals surface area contributed by atoms with Crippen LogP contribution in [0.2, 0.25) is 0 Å². The number of rotatable bonds is 7. The molecule has 0 saturated carbocycles. The zero-order valence-corrected chi connectivity index (χ0v) is 13.9. The lowest BCUT2D eigenvalue weighted by Crippen LogP contribution is -2.23. The highest BCUT2D eigenvalue weighted by molar-refractivity contribution is 5.94. The molecule has 0 saturated heterocycles. The summed E-state index contributed by atoms with van der Waals surface area (Å²) < 4.78 is 0. The van der Waals surface area contributed by atoms with Crippen LogP contribution in [-0.4, -0.2) is 22.4 Å². The summed E-state index contributed by atoms with van der Waals surface area (Å²) in [6.45, 7) is 1.21. The lowest BCUT2D eigenvalue weighted by atomic mass is 10.1. The number of hydrogen-bond donors (Lipinski definition) is 2. The van der Waals surface area contributed by atoms with Gasteiger partial charge in [0.25, 0.3) is 5.91 Å². The maximum Gasteiger partial charge on any atom is 0.251 e. The van der Waals surface area contributed by atoms with Crippen molar-refractivity contribution < 1.29 is 4.79 Å². The van der Waals surface area contributed by atoms with Crippen molar-refractivity contribution in [3.05, 3.63) is 89.9 Å². The van der Waals surface area contributed by atoms with Crippen molar-refractivity contribution in [1.29, 1.82) is 0 Å². The fraction of sp³-hybridized carbons (Fsp3) is 0.150. The highest BCUT2D eigenvalue weighted by atomic mass is 16.1. The predicted octanol–water partition coefficient (Wildman–Crippen LogP) is 3.06. The number of aromatic nitrogens is 2. The van der Waals surface area contributed by atoms with Crippen LogP contribution in [0.1, 0.15) is 21.5 Å². The molecule has 0 spiro atoms. The van der Waals surface area contributed by atoms with E-state index in [1.165, 1.54) is 5.56 Å². The van der Waals surface area contributed by atoms with Crippen molar-refractivity contribution in [3.63, 3.8) is 0 Å². The molecule has 0 fully saturated rings. The molecule has 25 heavy (non-hydrogen) atoms. The Morgan fingerprint density at radius 1 is 0.960 bits per heavy atom. The van der Waals surface area contributed by atoms with Crippen LogP contribution < -0.4 is 10.6 Å². The number of anilines is 1. The molecule has 0 atom stereocenters. The summed E-state index contributed by atoms with van der Waals surface area (Å²) in [6, 6.07) is 17.5. The van der Waals surface area contributed by atoms with Gasteiger partial charge in [-0.15, -0.1) is 0 Å². The normalized spacial score (nSPS) is 10.2. The number of carbonyl (C=O) groups excluding carboxylic acids is 1. The summed E-state index contributed by atoms with van der Waals surface area (Å²) >= 11 is 0. The van der Waals surface area contributed by atoms with Crippen molar-refractivity contribution >= 4 is 11.7 Å². The number of amides is 1. The minimum Gasteiger partial charge on any atom is -0.370 e. The molecule has 2 aromatic heterocycles. The molecule has 0 aliphatic heterocycles. The number of pyridine rings is 2. The zero-order valence-electron chi connectivity index (χ0n) is 13.9. The molecule has 2 N–H and O–H groups in total. The molecule has 0 unspecified atom stereocenters. The first-order chi connectivity index (χ1) is 12.3. The van der Waals surface area contributed by atoms with Gasteiger partial charge < -0.3 is 10.6 Å². The lowest BCUT2D eigenvalue weighted by molar-refractivity contribution is 0.0951. The maximum atomic E-state index is 12.3. The largest absolute Gasteiger partial charge is 0.370 e. The fourth-order valence-electron chi connectivity index (χ4n) is 2.44. The van der Waals surface area contributed by atoms with Gasteiger partial charge in [0.15, 0.2) is 0 Å². The molecule has 3 aromatic rings. The minimum absolute atomic E-state index is 0.127. The average Bonchev–Trinajstić information content (AvgIpc) is 2.68. The van der Waals surface area contributed by atoms with Gasteiger partial charge in [-0.3, -0.25) is 9.78 Å². The Morgan fingerprint density at radius 3 is 2.60 bits per heavy atom. The second-order valence-electron chi connectivity index (χ2n) is 5.64. The first-order valence-electron chi connectivity index (χ1n) is 8.22. The Balaban J connectivity index is 1.52. The van der Waals surface area contributed by atoms with Gasteiger partial charge >= 0.3 is 0 Å². The molecule has 5 nitrogen and oxygen atoms in total. The third kappa shape index (κ3) is 5.14. The SMILES string of the molecule is O=C(NCc1cccnc1)c1ccnc(NCCc2ccccc2)c1. The van der Waals surface area contributed by atoms with Crippen LogP contribution in [0.25, 0.3) is 0 Å². The van der Waals surface area contributed by atoms with E-state index in [0.717, 1.165) is 18.5 Å². The van der Waals surface area contributed by atoms with Crippen LogP contribution in [0.5, 0.6) is 0 Å². The molecule has 0 aliphatic carbocycles. The summed E-state index contributed by atoms with van der Waals surface area (Å²) in [5, 5.41) is 6.15. The second-order valence-corrected chi connectivity index (χ2v) is 5.64. The first kappa shape index (κ1) is 16.6. The molecule has 0 radical (unpaired) electrons. The number of carbonyl (C=O) groups is 1. The fourth-order valence-corrected chi connectivity index (χ4v) is 2.44. The van der Waals surface area contributed by atoms with E-state index in [1.54, 1.807) is 30.7 Å². The lowest BCUT2D eigenvalue weighted by Gasteiger charge is -2.08.